The zero-order valence-electron chi connectivity index (χ0n) is 13.7. The lowest BCUT2D eigenvalue weighted by Crippen LogP contribution is -2.48. The minimum atomic E-state index is -3.54. The summed E-state index contributed by atoms with van der Waals surface area (Å²) in [5.41, 5.74) is 2.51. The van der Waals surface area contributed by atoms with Crippen molar-refractivity contribution in [3.63, 3.8) is 0 Å². The summed E-state index contributed by atoms with van der Waals surface area (Å²) in [5.74, 6) is -0.123. The Morgan fingerprint density at radius 2 is 1.64 bits per heavy atom. The molecule has 0 aliphatic carbocycles. The van der Waals surface area contributed by atoms with E-state index in [0.29, 0.717) is 18.8 Å². The molecule has 0 unspecified atom stereocenters. The van der Waals surface area contributed by atoms with Crippen molar-refractivity contribution >= 4 is 21.6 Å². The quantitative estimate of drug-likeness (QED) is 0.852. The van der Waals surface area contributed by atoms with Crippen molar-refractivity contribution in [1.29, 1.82) is 0 Å². The smallest absolute Gasteiger partial charge is 0.246 e. The molecule has 1 aliphatic rings. The van der Waals surface area contributed by atoms with Crippen LogP contribution in [0.2, 0.25) is 0 Å². The monoisotopic (exact) mass is 324 g/mol. The normalized spacial score (nSPS) is 16.6. The third kappa shape index (κ3) is 3.61. The van der Waals surface area contributed by atoms with Gasteiger partial charge in [0, 0.05) is 13.1 Å². The van der Waals surface area contributed by atoms with Crippen LogP contribution in [0.1, 0.15) is 30.9 Å². The number of benzene rings is 1. The lowest BCUT2D eigenvalue weighted by molar-refractivity contribution is -0.130. The van der Waals surface area contributed by atoms with E-state index >= 15 is 0 Å². The highest BCUT2D eigenvalue weighted by Crippen LogP contribution is 2.25. The maximum absolute atomic E-state index is 12.6. The molecule has 1 amide bonds. The third-order valence-electron chi connectivity index (χ3n) is 3.95. The number of carbonyl (C=O) groups excluding carboxylic acids is 1. The molecular formula is C16H24N2O3S. The average molecular weight is 324 g/mol. The molecule has 0 bridgehead atoms. The van der Waals surface area contributed by atoms with Gasteiger partial charge in [0.15, 0.2) is 0 Å². The van der Waals surface area contributed by atoms with Gasteiger partial charge in [0.2, 0.25) is 15.9 Å². The largest absolute Gasteiger partial charge is 0.341 e. The van der Waals surface area contributed by atoms with Gasteiger partial charge >= 0.3 is 0 Å². The summed E-state index contributed by atoms with van der Waals surface area (Å²) in [7, 11) is -3.54. The van der Waals surface area contributed by atoms with E-state index in [1.54, 1.807) is 11.8 Å². The first kappa shape index (κ1) is 16.8. The number of carbonyl (C=O) groups is 1. The fourth-order valence-electron chi connectivity index (χ4n) is 3.08. The van der Waals surface area contributed by atoms with Gasteiger partial charge in [-0.05, 0) is 56.9 Å². The van der Waals surface area contributed by atoms with E-state index in [1.165, 1.54) is 4.31 Å². The summed E-state index contributed by atoms with van der Waals surface area (Å²) in [6, 6.07) is 4.87. The van der Waals surface area contributed by atoms with E-state index in [-0.39, 0.29) is 5.91 Å². The number of aryl methyl sites for hydroxylation is 2. The summed E-state index contributed by atoms with van der Waals surface area (Å²) < 4.78 is 25.8. The zero-order valence-corrected chi connectivity index (χ0v) is 14.5. The SMILES string of the molecule is Cc1cc(C)cc(N([C@@H](C)C(=O)N2CCCC2)S(C)(=O)=O)c1. The van der Waals surface area contributed by atoms with Crippen LogP contribution in [0.25, 0.3) is 0 Å². The average Bonchev–Trinajstić information content (AvgIpc) is 2.88. The Kier molecular flexibility index (Phi) is 4.80. The van der Waals surface area contributed by atoms with Crippen LogP contribution < -0.4 is 4.31 Å². The summed E-state index contributed by atoms with van der Waals surface area (Å²) in [5, 5.41) is 0. The van der Waals surface area contributed by atoms with Gasteiger partial charge in [0.05, 0.1) is 11.9 Å². The van der Waals surface area contributed by atoms with Crippen molar-refractivity contribution in [2.45, 2.75) is 39.7 Å². The van der Waals surface area contributed by atoms with Crippen LogP contribution in [0, 0.1) is 13.8 Å². The van der Waals surface area contributed by atoms with Crippen molar-refractivity contribution in [1.82, 2.24) is 4.90 Å². The van der Waals surface area contributed by atoms with Crippen molar-refractivity contribution in [3.05, 3.63) is 29.3 Å². The molecule has 0 aromatic heterocycles. The van der Waals surface area contributed by atoms with Gasteiger partial charge in [-0.15, -0.1) is 0 Å². The number of sulfonamides is 1. The fraction of sp³-hybridized carbons (Fsp3) is 0.562. The van der Waals surface area contributed by atoms with Gasteiger partial charge in [-0.1, -0.05) is 6.07 Å². The van der Waals surface area contributed by atoms with E-state index in [0.717, 1.165) is 30.2 Å². The predicted molar refractivity (Wildman–Crippen MR) is 88.5 cm³/mol. The molecule has 122 valence electrons. The molecule has 0 spiro atoms. The Bertz CT molecular complexity index is 644. The molecule has 5 nitrogen and oxygen atoms in total. The molecule has 0 N–H and O–H groups in total. The molecule has 2 rings (SSSR count). The summed E-state index contributed by atoms with van der Waals surface area (Å²) in [6.07, 6.45) is 3.13. The first-order valence-corrected chi connectivity index (χ1v) is 9.41. The molecule has 1 saturated heterocycles. The van der Waals surface area contributed by atoms with Gasteiger partial charge in [-0.3, -0.25) is 9.10 Å². The molecule has 6 heteroatoms. The first-order valence-electron chi connectivity index (χ1n) is 7.56. The van der Waals surface area contributed by atoms with Crippen LogP contribution >= 0.6 is 0 Å². The Labute approximate surface area is 133 Å². The predicted octanol–water partition coefficient (Wildman–Crippen LogP) is 2.08. The van der Waals surface area contributed by atoms with E-state index in [4.69, 9.17) is 0 Å². The Morgan fingerprint density at radius 3 is 2.09 bits per heavy atom. The van der Waals surface area contributed by atoms with Crippen molar-refractivity contribution in [2.24, 2.45) is 0 Å². The summed E-state index contributed by atoms with van der Waals surface area (Å²) in [6.45, 7) is 6.94. The Morgan fingerprint density at radius 1 is 1.14 bits per heavy atom. The molecule has 1 aliphatic heterocycles. The molecule has 1 aromatic rings. The van der Waals surface area contributed by atoms with Gasteiger partial charge < -0.3 is 4.90 Å². The van der Waals surface area contributed by atoms with E-state index in [1.807, 2.05) is 32.0 Å². The van der Waals surface area contributed by atoms with Crippen LogP contribution in [0.15, 0.2) is 18.2 Å². The topological polar surface area (TPSA) is 57.7 Å². The number of rotatable bonds is 4. The Hall–Kier alpha value is -1.56. The molecular weight excluding hydrogens is 300 g/mol. The number of amides is 1. The van der Waals surface area contributed by atoms with Gasteiger partial charge in [0.1, 0.15) is 6.04 Å². The second-order valence-electron chi connectivity index (χ2n) is 6.11. The second-order valence-corrected chi connectivity index (χ2v) is 7.97. The van der Waals surface area contributed by atoms with Crippen LogP contribution in [-0.2, 0) is 14.8 Å². The summed E-state index contributed by atoms with van der Waals surface area (Å²) in [4.78, 5) is 14.4. The van der Waals surface area contributed by atoms with Gasteiger partial charge in [-0.2, -0.15) is 0 Å². The molecule has 1 atom stereocenters. The van der Waals surface area contributed by atoms with Crippen LogP contribution in [0.5, 0.6) is 0 Å². The van der Waals surface area contributed by atoms with Crippen molar-refractivity contribution < 1.29 is 13.2 Å². The zero-order chi connectivity index (χ0) is 16.5. The van der Waals surface area contributed by atoms with Crippen molar-refractivity contribution in [3.8, 4) is 0 Å². The molecule has 22 heavy (non-hydrogen) atoms. The first-order chi connectivity index (χ1) is 10.2. The number of hydrogen-bond donors (Lipinski definition) is 0. The molecule has 0 radical (unpaired) electrons. The summed E-state index contributed by atoms with van der Waals surface area (Å²) >= 11 is 0. The minimum absolute atomic E-state index is 0.123. The highest BCUT2D eigenvalue weighted by atomic mass is 32.2. The number of hydrogen-bond acceptors (Lipinski definition) is 3. The van der Waals surface area contributed by atoms with Crippen LogP contribution in [0.4, 0.5) is 5.69 Å². The lowest BCUT2D eigenvalue weighted by atomic mass is 10.1. The van der Waals surface area contributed by atoms with E-state index in [9.17, 15) is 13.2 Å². The van der Waals surface area contributed by atoms with Crippen LogP contribution in [0.3, 0.4) is 0 Å². The van der Waals surface area contributed by atoms with E-state index < -0.39 is 16.1 Å². The number of anilines is 1. The third-order valence-corrected chi connectivity index (χ3v) is 5.19. The van der Waals surface area contributed by atoms with Gasteiger partial charge in [-0.25, -0.2) is 8.42 Å². The molecule has 1 fully saturated rings. The molecule has 1 aromatic carbocycles. The lowest BCUT2D eigenvalue weighted by Gasteiger charge is -2.31. The molecule has 0 saturated carbocycles. The van der Waals surface area contributed by atoms with Gasteiger partial charge in [0.25, 0.3) is 0 Å². The Balaban J connectivity index is 2.39. The second kappa shape index (κ2) is 6.28. The van der Waals surface area contributed by atoms with E-state index in [2.05, 4.69) is 0 Å². The standard InChI is InChI=1S/C16H24N2O3S/c1-12-9-13(2)11-15(10-12)18(22(4,20)21)14(3)16(19)17-7-5-6-8-17/h9-11,14H,5-8H2,1-4H3/t14-/m0/s1. The minimum Gasteiger partial charge on any atom is -0.341 e. The fourth-order valence-corrected chi connectivity index (χ4v) is 4.24. The highest BCUT2D eigenvalue weighted by Gasteiger charge is 2.33. The molecule has 1 heterocycles. The highest BCUT2D eigenvalue weighted by molar-refractivity contribution is 7.92. The number of likely N-dealkylation sites (tertiary alicyclic amines) is 1. The van der Waals surface area contributed by atoms with Crippen molar-refractivity contribution in [2.75, 3.05) is 23.7 Å². The van der Waals surface area contributed by atoms with Crippen LogP contribution in [-0.4, -0.2) is 44.6 Å². The maximum Gasteiger partial charge on any atom is 0.246 e. The number of nitrogens with zero attached hydrogens (tertiary/aromatic N) is 2. The maximum atomic E-state index is 12.6.